The zero-order valence-electron chi connectivity index (χ0n) is 10.4. The van der Waals surface area contributed by atoms with E-state index in [0.29, 0.717) is 12.8 Å². The summed E-state index contributed by atoms with van der Waals surface area (Å²) >= 11 is 0. The Morgan fingerprint density at radius 3 is 2.53 bits per heavy atom. The van der Waals surface area contributed by atoms with Gasteiger partial charge in [0, 0.05) is 6.04 Å². The first-order valence-electron chi connectivity index (χ1n) is 6.21. The van der Waals surface area contributed by atoms with Gasteiger partial charge >= 0.3 is 12.0 Å². The van der Waals surface area contributed by atoms with Gasteiger partial charge in [-0.05, 0) is 38.1 Å². The third-order valence-corrected chi connectivity index (χ3v) is 2.93. The first-order valence-corrected chi connectivity index (χ1v) is 6.21. The molecule has 6 heteroatoms. The summed E-state index contributed by atoms with van der Waals surface area (Å²) in [6.45, 7) is 1.44. The number of benzene rings is 1. The molecule has 0 saturated carbocycles. The fourth-order valence-corrected chi connectivity index (χ4v) is 1.92. The molecule has 0 spiro atoms. The van der Waals surface area contributed by atoms with E-state index in [1.807, 2.05) is 0 Å². The molecule has 0 bridgehead atoms. The van der Waals surface area contributed by atoms with Crippen LogP contribution in [0.3, 0.4) is 0 Å². The lowest BCUT2D eigenvalue weighted by Gasteiger charge is -2.25. The number of nitrogens with one attached hydrogen (secondary N) is 2. The van der Waals surface area contributed by atoms with Crippen LogP contribution in [0.1, 0.15) is 12.8 Å². The van der Waals surface area contributed by atoms with Crippen LogP contribution in [0.15, 0.2) is 30.3 Å². The molecule has 2 rings (SSSR count). The molecule has 1 aliphatic heterocycles. The molecule has 104 valence electrons. The molecule has 2 N–H and O–H groups in total. The van der Waals surface area contributed by atoms with Crippen molar-refractivity contribution < 1.29 is 18.3 Å². The van der Waals surface area contributed by atoms with Gasteiger partial charge < -0.3 is 15.4 Å². The number of amides is 1. The van der Waals surface area contributed by atoms with E-state index in [0.717, 1.165) is 13.1 Å². The number of para-hydroxylation sites is 1. The quantitative estimate of drug-likeness (QED) is 0.872. The maximum Gasteiger partial charge on any atom is 0.482 e. The van der Waals surface area contributed by atoms with E-state index in [9.17, 15) is 13.6 Å². The number of carbonyl (C=O) groups excluding carboxylic acids is 1. The number of hydrogen-bond acceptors (Lipinski definition) is 3. The summed E-state index contributed by atoms with van der Waals surface area (Å²) in [7, 11) is 0. The SMILES string of the molecule is O=C(NC1CCNCC1)C(F)(F)Oc1ccccc1. The van der Waals surface area contributed by atoms with Crippen molar-refractivity contribution in [3.63, 3.8) is 0 Å². The monoisotopic (exact) mass is 270 g/mol. The van der Waals surface area contributed by atoms with Gasteiger partial charge in [-0.15, -0.1) is 0 Å². The van der Waals surface area contributed by atoms with Crippen molar-refractivity contribution in [1.82, 2.24) is 10.6 Å². The molecule has 0 radical (unpaired) electrons. The summed E-state index contributed by atoms with van der Waals surface area (Å²) in [6.07, 6.45) is -2.56. The molecule has 1 fully saturated rings. The summed E-state index contributed by atoms with van der Waals surface area (Å²) in [6, 6.07) is 7.35. The molecule has 1 aromatic rings. The van der Waals surface area contributed by atoms with Gasteiger partial charge in [-0.1, -0.05) is 18.2 Å². The van der Waals surface area contributed by atoms with Crippen LogP contribution in [0.5, 0.6) is 5.75 Å². The van der Waals surface area contributed by atoms with Crippen molar-refractivity contribution >= 4 is 5.91 Å². The molecule has 1 amide bonds. The normalized spacial score (nSPS) is 16.9. The maximum atomic E-state index is 13.6. The van der Waals surface area contributed by atoms with E-state index in [4.69, 9.17) is 0 Å². The number of rotatable bonds is 4. The Labute approximate surface area is 110 Å². The second-order valence-electron chi connectivity index (χ2n) is 4.43. The molecule has 1 aliphatic rings. The number of alkyl halides is 2. The minimum absolute atomic E-state index is 0.0343. The number of halogens is 2. The molecule has 0 aliphatic carbocycles. The molecular weight excluding hydrogens is 254 g/mol. The van der Waals surface area contributed by atoms with Gasteiger partial charge in [-0.3, -0.25) is 4.79 Å². The average molecular weight is 270 g/mol. The molecule has 1 saturated heterocycles. The van der Waals surface area contributed by atoms with Gasteiger partial charge in [0.25, 0.3) is 0 Å². The van der Waals surface area contributed by atoms with Gasteiger partial charge in [-0.25, -0.2) is 0 Å². The van der Waals surface area contributed by atoms with Crippen LogP contribution in [0.25, 0.3) is 0 Å². The molecule has 0 atom stereocenters. The van der Waals surface area contributed by atoms with E-state index < -0.39 is 12.0 Å². The van der Waals surface area contributed by atoms with Crippen molar-refractivity contribution in [3.8, 4) is 5.75 Å². The smallest absolute Gasteiger partial charge is 0.425 e. The van der Waals surface area contributed by atoms with E-state index in [1.54, 1.807) is 18.2 Å². The Bertz CT molecular complexity index is 420. The van der Waals surface area contributed by atoms with Crippen molar-refractivity contribution in [1.29, 1.82) is 0 Å². The van der Waals surface area contributed by atoms with Crippen molar-refractivity contribution in [2.75, 3.05) is 13.1 Å². The minimum atomic E-state index is -3.85. The predicted molar refractivity (Wildman–Crippen MR) is 66.1 cm³/mol. The summed E-state index contributed by atoms with van der Waals surface area (Å²) in [5.74, 6) is -1.42. The molecule has 4 nitrogen and oxygen atoms in total. The lowest BCUT2D eigenvalue weighted by Crippen LogP contribution is -2.51. The van der Waals surface area contributed by atoms with E-state index in [2.05, 4.69) is 15.4 Å². The van der Waals surface area contributed by atoms with Gasteiger partial charge in [-0.2, -0.15) is 8.78 Å². The van der Waals surface area contributed by atoms with Crippen LogP contribution in [0.2, 0.25) is 0 Å². The maximum absolute atomic E-state index is 13.6. The van der Waals surface area contributed by atoms with Crippen LogP contribution < -0.4 is 15.4 Å². The number of hydrogen-bond donors (Lipinski definition) is 2. The first-order chi connectivity index (χ1) is 9.08. The van der Waals surface area contributed by atoms with Crippen LogP contribution in [0, 0.1) is 0 Å². The van der Waals surface area contributed by atoms with Crippen molar-refractivity contribution in [3.05, 3.63) is 30.3 Å². The highest BCUT2D eigenvalue weighted by Crippen LogP contribution is 2.21. The Hall–Kier alpha value is -1.69. The summed E-state index contributed by atoms with van der Waals surface area (Å²) in [5.41, 5.74) is 0. The first kappa shape index (κ1) is 13.7. The van der Waals surface area contributed by atoms with Crippen LogP contribution in [-0.4, -0.2) is 31.1 Å². The molecule has 1 aromatic carbocycles. The lowest BCUT2D eigenvalue weighted by atomic mass is 10.1. The summed E-state index contributed by atoms with van der Waals surface area (Å²) < 4.78 is 31.7. The van der Waals surface area contributed by atoms with Crippen molar-refractivity contribution in [2.24, 2.45) is 0 Å². The Morgan fingerprint density at radius 1 is 1.26 bits per heavy atom. The van der Waals surface area contributed by atoms with E-state index in [1.165, 1.54) is 12.1 Å². The third kappa shape index (κ3) is 3.89. The Balaban J connectivity index is 1.92. The lowest BCUT2D eigenvalue weighted by molar-refractivity contribution is -0.193. The second kappa shape index (κ2) is 5.97. The minimum Gasteiger partial charge on any atom is -0.425 e. The fraction of sp³-hybridized carbons (Fsp3) is 0.462. The molecule has 0 unspecified atom stereocenters. The highest BCUT2D eigenvalue weighted by molar-refractivity contribution is 5.82. The predicted octanol–water partition coefficient (Wildman–Crippen LogP) is 1.53. The second-order valence-corrected chi connectivity index (χ2v) is 4.43. The largest absolute Gasteiger partial charge is 0.482 e. The number of carbonyl (C=O) groups is 1. The number of piperidine rings is 1. The Kier molecular flexibility index (Phi) is 4.31. The standard InChI is InChI=1S/C13H16F2N2O2/c14-13(15,19-11-4-2-1-3-5-11)12(18)17-10-6-8-16-9-7-10/h1-5,10,16H,6-9H2,(H,17,18). The van der Waals surface area contributed by atoms with Gasteiger partial charge in [0.2, 0.25) is 0 Å². The van der Waals surface area contributed by atoms with Crippen LogP contribution in [-0.2, 0) is 4.79 Å². The topological polar surface area (TPSA) is 50.4 Å². The van der Waals surface area contributed by atoms with Gasteiger partial charge in [0.15, 0.2) is 0 Å². The molecular formula is C13H16F2N2O2. The van der Waals surface area contributed by atoms with Crippen LogP contribution in [0.4, 0.5) is 8.78 Å². The fourth-order valence-electron chi connectivity index (χ4n) is 1.92. The zero-order chi connectivity index (χ0) is 13.7. The van der Waals surface area contributed by atoms with E-state index >= 15 is 0 Å². The molecule has 1 heterocycles. The highest BCUT2D eigenvalue weighted by atomic mass is 19.3. The number of ether oxygens (including phenoxy) is 1. The molecule has 0 aromatic heterocycles. The average Bonchev–Trinajstić information content (AvgIpc) is 2.40. The summed E-state index contributed by atoms with van der Waals surface area (Å²) in [4.78, 5) is 11.5. The van der Waals surface area contributed by atoms with Crippen molar-refractivity contribution in [2.45, 2.75) is 25.0 Å². The zero-order valence-corrected chi connectivity index (χ0v) is 10.4. The van der Waals surface area contributed by atoms with Gasteiger partial charge in [0.05, 0.1) is 0 Å². The Morgan fingerprint density at radius 2 is 1.89 bits per heavy atom. The van der Waals surface area contributed by atoms with E-state index in [-0.39, 0.29) is 11.8 Å². The molecule has 19 heavy (non-hydrogen) atoms. The highest BCUT2D eigenvalue weighted by Gasteiger charge is 2.43. The van der Waals surface area contributed by atoms with Gasteiger partial charge in [0.1, 0.15) is 5.75 Å². The third-order valence-electron chi connectivity index (χ3n) is 2.93. The summed E-state index contributed by atoms with van der Waals surface area (Å²) in [5, 5.41) is 5.42. The van der Waals surface area contributed by atoms with Crippen LogP contribution >= 0.6 is 0 Å².